The molecule has 0 aliphatic heterocycles. The highest BCUT2D eigenvalue weighted by Gasteiger charge is 2.26. The van der Waals surface area contributed by atoms with E-state index in [2.05, 4.69) is 22.0 Å². The van der Waals surface area contributed by atoms with Crippen LogP contribution in [0.25, 0.3) is 0 Å². The van der Waals surface area contributed by atoms with Crippen molar-refractivity contribution in [1.82, 2.24) is 15.1 Å². The van der Waals surface area contributed by atoms with Crippen molar-refractivity contribution < 1.29 is 4.74 Å². The summed E-state index contributed by atoms with van der Waals surface area (Å²) in [5.41, 5.74) is 0. The molecule has 18 heavy (non-hydrogen) atoms. The number of hydrogen-bond donors (Lipinski definition) is 1. The molecule has 4 nitrogen and oxygen atoms in total. The number of nitrogens with zero attached hydrogens (tertiary/aromatic N) is 2. The van der Waals surface area contributed by atoms with Crippen LogP contribution in [0.4, 0.5) is 0 Å². The van der Waals surface area contributed by atoms with Gasteiger partial charge in [0.05, 0.1) is 24.5 Å². The van der Waals surface area contributed by atoms with E-state index in [4.69, 9.17) is 4.74 Å². The molecule has 102 valence electrons. The Labute approximate surface area is 110 Å². The zero-order valence-corrected chi connectivity index (χ0v) is 11.7. The number of ether oxygens (including phenoxy) is 1. The minimum atomic E-state index is 0.213. The summed E-state index contributed by atoms with van der Waals surface area (Å²) >= 11 is 0. The number of aromatic nitrogens is 2. The molecule has 1 fully saturated rings. The Hall–Kier alpha value is -1.03. The lowest BCUT2D eigenvalue weighted by Gasteiger charge is -2.13. The van der Waals surface area contributed by atoms with Crippen LogP contribution < -0.4 is 10.1 Å². The van der Waals surface area contributed by atoms with E-state index in [9.17, 15) is 0 Å². The molecule has 1 aromatic rings. The standard InChI is InChI=1S/C14H25N3O/c1-4-7-15-12-5-6-13(8-12)17-10-14(9-16-17)18-11(2)3/h9-13,15H,4-8H2,1-3H3. The topological polar surface area (TPSA) is 39.1 Å². The molecule has 0 bridgehead atoms. The molecule has 1 aromatic heterocycles. The van der Waals surface area contributed by atoms with Gasteiger partial charge in [0.15, 0.2) is 5.75 Å². The van der Waals surface area contributed by atoms with Crippen molar-refractivity contribution in [2.45, 2.75) is 64.6 Å². The van der Waals surface area contributed by atoms with Gasteiger partial charge in [-0.3, -0.25) is 4.68 Å². The fourth-order valence-electron chi connectivity index (χ4n) is 2.59. The second kappa shape index (κ2) is 6.23. The Morgan fingerprint density at radius 1 is 1.50 bits per heavy atom. The Morgan fingerprint density at radius 3 is 3.06 bits per heavy atom. The van der Waals surface area contributed by atoms with Crippen molar-refractivity contribution in [3.05, 3.63) is 12.4 Å². The van der Waals surface area contributed by atoms with Crippen LogP contribution in [0, 0.1) is 0 Å². The van der Waals surface area contributed by atoms with Crippen LogP contribution in [0.1, 0.15) is 52.5 Å². The normalized spacial score (nSPS) is 23.8. The minimum Gasteiger partial charge on any atom is -0.488 e. The molecule has 1 aliphatic carbocycles. The zero-order chi connectivity index (χ0) is 13.0. The molecule has 0 spiro atoms. The van der Waals surface area contributed by atoms with Gasteiger partial charge in [-0.2, -0.15) is 5.10 Å². The predicted molar refractivity (Wildman–Crippen MR) is 73.0 cm³/mol. The summed E-state index contributed by atoms with van der Waals surface area (Å²) in [4.78, 5) is 0. The highest BCUT2D eigenvalue weighted by Crippen LogP contribution is 2.30. The van der Waals surface area contributed by atoms with Crippen molar-refractivity contribution >= 4 is 0 Å². The van der Waals surface area contributed by atoms with E-state index in [1.807, 2.05) is 26.2 Å². The summed E-state index contributed by atoms with van der Waals surface area (Å²) in [6, 6.07) is 1.19. The highest BCUT2D eigenvalue weighted by molar-refractivity contribution is 5.12. The van der Waals surface area contributed by atoms with Crippen LogP contribution in [-0.4, -0.2) is 28.5 Å². The van der Waals surface area contributed by atoms with Gasteiger partial charge >= 0.3 is 0 Å². The summed E-state index contributed by atoms with van der Waals surface area (Å²) in [6.45, 7) is 7.41. The maximum atomic E-state index is 5.65. The Kier molecular flexibility index (Phi) is 4.64. The van der Waals surface area contributed by atoms with Crippen molar-refractivity contribution in [3.8, 4) is 5.75 Å². The van der Waals surface area contributed by atoms with Gasteiger partial charge in [-0.1, -0.05) is 6.92 Å². The van der Waals surface area contributed by atoms with Crippen molar-refractivity contribution in [3.63, 3.8) is 0 Å². The van der Waals surface area contributed by atoms with Crippen LogP contribution in [0.5, 0.6) is 5.75 Å². The molecule has 4 heteroatoms. The van der Waals surface area contributed by atoms with Crippen LogP contribution >= 0.6 is 0 Å². The number of nitrogens with one attached hydrogen (secondary N) is 1. The first-order chi connectivity index (χ1) is 8.69. The minimum absolute atomic E-state index is 0.213. The Morgan fingerprint density at radius 2 is 2.33 bits per heavy atom. The number of hydrogen-bond acceptors (Lipinski definition) is 3. The largest absolute Gasteiger partial charge is 0.488 e. The van der Waals surface area contributed by atoms with Gasteiger partial charge in [-0.25, -0.2) is 0 Å². The predicted octanol–water partition coefficient (Wildman–Crippen LogP) is 2.76. The molecule has 1 N–H and O–H groups in total. The molecule has 1 saturated carbocycles. The van der Waals surface area contributed by atoms with Gasteiger partial charge in [-0.05, 0) is 46.1 Å². The molecule has 2 atom stereocenters. The molecule has 1 heterocycles. The van der Waals surface area contributed by atoms with Gasteiger partial charge < -0.3 is 10.1 Å². The highest BCUT2D eigenvalue weighted by atomic mass is 16.5. The smallest absolute Gasteiger partial charge is 0.157 e. The summed E-state index contributed by atoms with van der Waals surface area (Å²) < 4.78 is 7.72. The van der Waals surface area contributed by atoms with E-state index in [1.165, 1.54) is 25.7 Å². The monoisotopic (exact) mass is 251 g/mol. The first-order valence-corrected chi connectivity index (χ1v) is 7.13. The van der Waals surface area contributed by atoms with Gasteiger partial charge in [0.1, 0.15) is 0 Å². The third kappa shape index (κ3) is 3.48. The maximum Gasteiger partial charge on any atom is 0.157 e. The SMILES string of the molecule is CCCNC1CCC(n2cc(OC(C)C)cn2)C1. The van der Waals surface area contributed by atoms with Gasteiger partial charge in [-0.15, -0.1) is 0 Å². The third-order valence-corrected chi connectivity index (χ3v) is 3.41. The molecule has 0 aromatic carbocycles. The Bertz CT molecular complexity index is 362. The lowest BCUT2D eigenvalue weighted by molar-refractivity contribution is 0.242. The zero-order valence-electron chi connectivity index (χ0n) is 11.7. The maximum absolute atomic E-state index is 5.65. The molecule has 2 rings (SSSR count). The Balaban J connectivity index is 1.87. The van der Waals surface area contributed by atoms with Crippen LogP contribution in [0.3, 0.4) is 0 Å². The third-order valence-electron chi connectivity index (χ3n) is 3.41. The van der Waals surface area contributed by atoms with Gasteiger partial charge in [0, 0.05) is 6.04 Å². The summed E-state index contributed by atoms with van der Waals surface area (Å²) in [6.07, 6.45) is 8.93. The lowest BCUT2D eigenvalue weighted by Crippen LogP contribution is -2.27. The quantitative estimate of drug-likeness (QED) is 0.845. The molecule has 2 unspecified atom stereocenters. The summed E-state index contributed by atoms with van der Waals surface area (Å²) in [5, 5.41) is 8.03. The molecule has 1 aliphatic rings. The summed E-state index contributed by atoms with van der Waals surface area (Å²) in [5.74, 6) is 0.884. The van der Waals surface area contributed by atoms with Gasteiger partial charge in [0.2, 0.25) is 0 Å². The van der Waals surface area contributed by atoms with E-state index in [0.29, 0.717) is 12.1 Å². The second-order valence-corrected chi connectivity index (χ2v) is 5.44. The molecular weight excluding hydrogens is 226 g/mol. The second-order valence-electron chi connectivity index (χ2n) is 5.44. The van der Waals surface area contributed by atoms with Crippen LogP contribution in [-0.2, 0) is 0 Å². The molecule has 0 amide bonds. The van der Waals surface area contributed by atoms with E-state index in [-0.39, 0.29) is 6.10 Å². The average Bonchev–Trinajstić information content (AvgIpc) is 2.94. The van der Waals surface area contributed by atoms with Gasteiger partial charge in [0.25, 0.3) is 0 Å². The molecular formula is C14H25N3O. The van der Waals surface area contributed by atoms with Crippen molar-refractivity contribution in [2.24, 2.45) is 0 Å². The van der Waals surface area contributed by atoms with E-state index in [1.54, 1.807) is 0 Å². The number of rotatable bonds is 6. The van der Waals surface area contributed by atoms with Crippen molar-refractivity contribution in [1.29, 1.82) is 0 Å². The van der Waals surface area contributed by atoms with Crippen molar-refractivity contribution in [2.75, 3.05) is 6.54 Å². The van der Waals surface area contributed by atoms with E-state index >= 15 is 0 Å². The average molecular weight is 251 g/mol. The van der Waals surface area contributed by atoms with E-state index in [0.717, 1.165) is 12.3 Å². The van der Waals surface area contributed by atoms with Crippen LogP contribution in [0.2, 0.25) is 0 Å². The fraction of sp³-hybridized carbons (Fsp3) is 0.786. The molecule has 0 radical (unpaired) electrons. The van der Waals surface area contributed by atoms with Crippen LogP contribution in [0.15, 0.2) is 12.4 Å². The lowest BCUT2D eigenvalue weighted by atomic mass is 10.2. The summed E-state index contributed by atoms with van der Waals surface area (Å²) in [7, 11) is 0. The first kappa shape index (κ1) is 13.4. The fourth-order valence-corrected chi connectivity index (χ4v) is 2.59. The van der Waals surface area contributed by atoms with E-state index < -0.39 is 0 Å². The first-order valence-electron chi connectivity index (χ1n) is 7.13. The molecule has 0 saturated heterocycles.